The van der Waals surface area contributed by atoms with Crippen molar-refractivity contribution in [1.82, 2.24) is 0 Å². The Morgan fingerprint density at radius 3 is 2.20 bits per heavy atom. The molecule has 0 atom stereocenters. The van der Waals surface area contributed by atoms with Gasteiger partial charge in [0.1, 0.15) is 0 Å². The lowest BCUT2D eigenvalue weighted by Gasteiger charge is -1.96. The van der Waals surface area contributed by atoms with Gasteiger partial charge in [-0.2, -0.15) is 0 Å². The Kier molecular flexibility index (Phi) is 11.6. The molecule has 0 saturated heterocycles. The molecule has 0 bridgehead atoms. The lowest BCUT2D eigenvalue weighted by Crippen LogP contribution is -1.80. The van der Waals surface area contributed by atoms with Gasteiger partial charge in [0, 0.05) is 0 Å². The highest BCUT2D eigenvalue weighted by atomic mass is 127. The van der Waals surface area contributed by atoms with E-state index in [-0.39, 0.29) is 0 Å². The van der Waals surface area contributed by atoms with Crippen molar-refractivity contribution in [2.45, 2.75) is 50.7 Å². The highest BCUT2D eigenvalue weighted by Gasteiger charge is 1.89. The number of unbranched alkanes of at least 4 members (excludes halogenated alkanes) is 5. The second-order valence-electron chi connectivity index (χ2n) is 2.81. The quantitative estimate of drug-likeness (QED) is 0.376. The maximum atomic E-state index is 2.59. The Labute approximate surface area is 82.5 Å². The van der Waals surface area contributed by atoms with E-state index in [0.29, 0.717) is 11.9 Å². The van der Waals surface area contributed by atoms with E-state index in [9.17, 15) is 0 Å². The molecule has 0 N–H and O–H groups in total. The van der Waals surface area contributed by atoms with Gasteiger partial charge in [0.05, 0.1) is 0 Å². The average molecular weight is 268 g/mol. The summed E-state index contributed by atoms with van der Waals surface area (Å²) in [7, 11) is 0. The van der Waals surface area contributed by atoms with E-state index < -0.39 is 0 Å². The lowest BCUT2D eigenvalue weighted by atomic mass is 10.1. The van der Waals surface area contributed by atoms with E-state index in [1.54, 1.807) is 5.28 Å². The van der Waals surface area contributed by atoms with Crippen LogP contribution in [0.2, 0.25) is 5.28 Å². The molecule has 0 aromatic carbocycles. The molecule has 0 heterocycles. The van der Waals surface area contributed by atoms with Crippen LogP contribution in [-0.2, 0) is 0 Å². The van der Waals surface area contributed by atoms with E-state index in [4.69, 9.17) is 0 Å². The second kappa shape index (κ2) is 10.3. The predicted octanol–water partition coefficient (Wildman–Crippen LogP) is 3.55. The summed E-state index contributed by atoms with van der Waals surface area (Å²) in [4.78, 5) is 0. The topological polar surface area (TPSA) is 0 Å². The summed E-state index contributed by atoms with van der Waals surface area (Å²) in [5.74, 6) is 0. The van der Waals surface area contributed by atoms with Crippen LogP contribution in [0.5, 0.6) is 0 Å². The van der Waals surface area contributed by atoms with E-state index in [2.05, 4.69) is 27.2 Å². The highest BCUT2D eigenvalue weighted by molar-refractivity contribution is 14.1. The number of halogens is 1. The highest BCUT2D eigenvalue weighted by Crippen LogP contribution is 2.07. The maximum absolute atomic E-state index is 2.59. The zero-order valence-corrected chi connectivity index (χ0v) is 10.6. The van der Waals surface area contributed by atoms with Crippen molar-refractivity contribution < 1.29 is 0 Å². The van der Waals surface area contributed by atoms with Crippen molar-refractivity contribution in [3.8, 4) is 0 Å². The van der Waals surface area contributed by atoms with Gasteiger partial charge in [-0.15, -0.1) is 0 Å². The first-order valence-electron chi connectivity index (χ1n) is 4.47. The molecule has 0 aromatic heterocycles. The Balaban J connectivity index is 2.65. The van der Waals surface area contributed by atoms with E-state index in [1.165, 1.54) is 38.5 Å². The minimum absolute atomic E-state index is 0.345. The Hall–Kier alpha value is 1.26. The SMILES string of the molecule is CCCCCCC[CH2][AlH][I]. The predicted molar refractivity (Wildman–Crippen MR) is 59.4 cm³/mol. The van der Waals surface area contributed by atoms with Crippen molar-refractivity contribution >= 4 is 32.2 Å². The third-order valence-corrected chi connectivity index (χ3v) is 4.79. The molecule has 0 aliphatic carbocycles. The largest absolute Gasteiger partial charge is 0.337 e. The first-order valence-corrected chi connectivity index (χ1v) is 10.6. The molecule has 0 aromatic rings. The average Bonchev–Trinajstić information content (AvgIpc) is 1.97. The summed E-state index contributed by atoms with van der Waals surface area (Å²) in [5.41, 5.74) is 0. The monoisotopic (exact) mass is 268 g/mol. The Bertz CT molecular complexity index is 49.2. The molecule has 0 amide bonds. The van der Waals surface area contributed by atoms with Crippen LogP contribution < -0.4 is 0 Å². The molecule has 0 spiro atoms. The van der Waals surface area contributed by atoms with Crippen molar-refractivity contribution in [3.05, 3.63) is 0 Å². The first kappa shape index (κ1) is 11.3. The fraction of sp³-hybridized carbons (Fsp3) is 1.00. The van der Waals surface area contributed by atoms with Gasteiger partial charge in [0.25, 0.3) is 0 Å². The molecule has 0 saturated carbocycles. The van der Waals surface area contributed by atoms with Gasteiger partial charge in [0.2, 0.25) is 0 Å². The normalized spacial score (nSPS) is 9.80. The Morgan fingerprint density at radius 1 is 1.00 bits per heavy atom. The molecule has 0 aliphatic heterocycles. The molecule has 2 heteroatoms. The lowest BCUT2D eigenvalue weighted by molar-refractivity contribution is 0.624. The molecule has 60 valence electrons. The fourth-order valence-corrected chi connectivity index (χ4v) is 3.21. The van der Waals surface area contributed by atoms with Crippen LogP contribution in [0.25, 0.3) is 0 Å². The third kappa shape index (κ3) is 9.26. The van der Waals surface area contributed by atoms with Crippen LogP contribution in [0.4, 0.5) is 0 Å². The van der Waals surface area contributed by atoms with Gasteiger partial charge >= 0.3 is 11.9 Å². The zero-order chi connectivity index (χ0) is 7.66. The molecular weight excluding hydrogens is 250 g/mol. The molecule has 0 radical (unpaired) electrons. The zero-order valence-electron chi connectivity index (χ0n) is 7.03. The maximum Gasteiger partial charge on any atom is 0.337 e. The van der Waals surface area contributed by atoms with E-state index in [1.807, 2.05) is 0 Å². The molecule has 0 unspecified atom stereocenters. The van der Waals surface area contributed by atoms with Crippen LogP contribution in [0.15, 0.2) is 0 Å². The molecular formula is C8H18AlI. The van der Waals surface area contributed by atoms with Gasteiger partial charge < -0.3 is 0 Å². The van der Waals surface area contributed by atoms with Gasteiger partial charge in [0.15, 0.2) is 0 Å². The standard InChI is InChI=1S/C8H17.Al.HI.H/c1-3-5-7-8-6-4-2;;;/h1,3-8H2,2H3;;1H;/q;+1;;/p-1. The molecule has 10 heavy (non-hydrogen) atoms. The van der Waals surface area contributed by atoms with Gasteiger partial charge in [-0.1, -0.05) is 50.7 Å². The van der Waals surface area contributed by atoms with E-state index >= 15 is 0 Å². The van der Waals surface area contributed by atoms with Gasteiger partial charge in [-0.05, 0) is 0 Å². The number of rotatable bonds is 7. The van der Waals surface area contributed by atoms with Gasteiger partial charge in [-0.3, -0.25) is 0 Å². The van der Waals surface area contributed by atoms with E-state index in [0.717, 1.165) is 0 Å². The smallest absolute Gasteiger partial charge is 0.216 e. The van der Waals surface area contributed by atoms with Crippen LogP contribution in [0.1, 0.15) is 45.4 Å². The summed E-state index contributed by atoms with van der Waals surface area (Å²) in [5, 5.41) is 1.56. The van der Waals surface area contributed by atoms with Crippen molar-refractivity contribution in [2.75, 3.05) is 0 Å². The van der Waals surface area contributed by atoms with Crippen molar-refractivity contribution in [3.63, 3.8) is 0 Å². The van der Waals surface area contributed by atoms with Crippen molar-refractivity contribution in [1.29, 1.82) is 0 Å². The molecule has 0 aliphatic rings. The van der Waals surface area contributed by atoms with Crippen LogP contribution >= 0.6 is 20.3 Å². The molecule has 0 nitrogen and oxygen atoms in total. The minimum atomic E-state index is 0.345. The third-order valence-electron chi connectivity index (χ3n) is 1.74. The van der Waals surface area contributed by atoms with Crippen LogP contribution in [-0.4, -0.2) is 11.9 Å². The Morgan fingerprint density at radius 2 is 1.60 bits per heavy atom. The molecule has 0 fully saturated rings. The summed E-state index contributed by atoms with van der Waals surface area (Å²) in [6.07, 6.45) is 8.79. The van der Waals surface area contributed by atoms with Crippen molar-refractivity contribution in [2.24, 2.45) is 0 Å². The van der Waals surface area contributed by atoms with Crippen LogP contribution in [0.3, 0.4) is 0 Å². The summed E-state index contributed by atoms with van der Waals surface area (Å²) >= 11 is 2.94. The summed E-state index contributed by atoms with van der Waals surface area (Å²) in [6.45, 7) is 2.28. The molecule has 0 rings (SSSR count). The fourth-order valence-electron chi connectivity index (χ4n) is 1.05. The number of hydrogen-bond acceptors (Lipinski definition) is 0. The summed E-state index contributed by atoms with van der Waals surface area (Å²) < 4.78 is 0. The second-order valence-corrected chi connectivity index (χ2v) is 7.13. The summed E-state index contributed by atoms with van der Waals surface area (Å²) in [6, 6.07) is 0. The number of hydrogen-bond donors (Lipinski definition) is 0. The van der Waals surface area contributed by atoms with Crippen LogP contribution in [0, 0.1) is 0 Å². The minimum Gasteiger partial charge on any atom is -0.216 e. The van der Waals surface area contributed by atoms with Gasteiger partial charge in [-0.25, -0.2) is 20.3 Å². The first-order chi connectivity index (χ1) is 4.91.